The maximum absolute atomic E-state index is 14.5. The van der Waals surface area contributed by atoms with E-state index in [-0.39, 0.29) is 17.8 Å². The Hall–Kier alpha value is -2.88. The van der Waals surface area contributed by atoms with Crippen molar-refractivity contribution in [2.45, 2.75) is 18.9 Å². The molecular weight excluding hydrogens is 431 g/mol. The summed E-state index contributed by atoms with van der Waals surface area (Å²) in [6, 6.07) is 10.9. The van der Waals surface area contributed by atoms with Gasteiger partial charge in [-0.15, -0.1) is 0 Å². The molecule has 0 saturated heterocycles. The minimum atomic E-state index is -3.87. The number of rotatable bonds is 6. The lowest BCUT2D eigenvalue weighted by molar-refractivity contribution is 0.0973. The summed E-state index contributed by atoms with van der Waals surface area (Å²) in [7, 11) is 1.41. The Morgan fingerprint density at radius 1 is 1.22 bits per heavy atom. The van der Waals surface area contributed by atoms with E-state index < -0.39 is 22.1 Å². The largest absolute Gasteiger partial charge is 0.309 e. The standard InChI is InChI=1S/C23H25FN4O3S/c1-27(2)13-5-7-20(29)18-14-16(9-11-19(18)24)23-17-10-8-15-6-4-12-25-21(15)22(17)26-32(30,31)28(23)3/h4,6,8-12,14,23,26H,5,7,13H2,1-3H3. The van der Waals surface area contributed by atoms with Crippen molar-refractivity contribution in [1.82, 2.24) is 14.2 Å². The zero-order valence-electron chi connectivity index (χ0n) is 18.2. The molecule has 0 bridgehead atoms. The maximum Gasteiger partial charge on any atom is 0.302 e. The summed E-state index contributed by atoms with van der Waals surface area (Å²) in [5.74, 6) is -0.908. The van der Waals surface area contributed by atoms with E-state index in [1.165, 1.54) is 29.6 Å². The number of fused-ring (bicyclic) bond motifs is 3. The molecule has 0 aliphatic carbocycles. The average Bonchev–Trinajstić information content (AvgIpc) is 2.75. The third-order valence-corrected chi connectivity index (χ3v) is 7.12. The third kappa shape index (κ3) is 4.11. The number of carbonyl (C=O) groups excluding carboxylic acids is 1. The molecule has 1 atom stereocenters. The minimum Gasteiger partial charge on any atom is -0.309 e. The zero-order valence-corrected chi connectivity index (χ0v) is 19.0. The van der Waals surface area contributed by atoms with Gasteiger partial charge in [0.25, 0.3) is 0 Å². The molecule has 0 radical (unpaired) electrons. The van der Waals surface area contributed by atoms with E-state index in [1.54, 1.807) is 12.3 Å². The highest BCUT2D eigenvalue weighted by Crippen LogP contribution is 2.42. The van der Waals surface area contributed by atoms with E-state index in [4.69, 9.17) is 0 Å². The highest BCUT2D eigenvalue weighted by Gasteiger charge is 2.37. The van der Waals surface area contributed by atoms with Gasteiger partial charge in [-0.05, 0) is 50.8 Å². The zero-order chi connectivity index (χ0) is 23.0. The first-order chi connectivity index (χ1) is 15.2. The summed E-state index contributed by atoms with van der Waals surface area (Å²) in [4.78, 5) is 19.0. The Bertz CT molecular complexity index is 1290. The molecule has 7 nitrogen and oxygen atoms in total. The van der Waals surface area contributed by atoms with Crippen LogP contribution in [0.25, 0.3) is 10.9 Å². The number of aromatic nitrogens is 1. The molecule has 1 unspecified atom stereocenters. The summed E-state index contributed by atoms with van der Waals surface area (Å²) in [6.45, 7) is 0.718. The Morgan fingerprint density at radius 3 is 2.75 bits per heavy atom. The number of nitrogens with zero attached hydrogens (tertiary/aromatic N) is 3. The SMILES string of the molecule is CN(C)CCCC(=O)c1cc(C2c3ccc4cccnc4c3NS(=O)(=O)N2C)ccc1F. The molecule has 3 aromatic rings. The number of Topliss-reactive ketones (excluding diaryl/α,β-unsaturated/α-hetero) is 1. The van der Waals surface area contributed by atoms with Crippen molar-refractivity contribution in [3.05, 3.63) is 71.2 Å². The molecule has 9 heteroatoms. The van der Waals surface area contributed by atoms with Gasteiger partial charge >= 0.3 is 10.2 Å². The number of ketones is 1. The van der Waals surface area contributed by atoms with Crippen molar-refractivity contribution < 1.29 is 17.6 Å². The second kappa shape index (κ2) is 8.57. The number of pyridine rings is 1. The van der Waals surface area contributed by atoms with Crippen LogP contribution in [0.15, 0.2) is 48.7 Å². The Labute approximate surface area is 187 Å². The number of nitrogens with one attached hydrogen (secondary N) is 1. The molecule has 32 heavy (non-hydrogen) atoms. The summed E-state index contributed by atoms with van der Waals surface area (Å²) in [5, 5.41) is 0.799. The quantitative estimate of drug-likeness (QED) is 0.573. The number of hydrogen-bond donors (Lipinski definition) is 1. The molecule has 168 valence electrons. The lowest BCUT2D eigenvalue weighted by atomic mass is 9.93. The number of benzene rings is 2. The fraction of sp³-hybridized carbons (Fsp3) is 0.304. The summed E-state index contributed by atoms with van der Waals surface area (Å²) in [5.41, 5.74) is 2.12. The van der Waals surface area contributed by atoms with Gasteiger partial charge in [-0.1, -0.05) is 24.3 Å². The van der Waals surface area contributed by atoms with Crippen LogP contribution in [0.4, 0.5) is 10.1 Å². The molecule has 1 aliphatic heterocycles. The van der Waals surface area contributed by atoms with Crippen LogP contribution in [0.3, 0.4) is 0 Å². The fourth-order valence-electron chi connectivity index (χ4n) is 4.04. The second-order valence-corrected chi connectivity index (χ2v) is 9.93. The van der Waals surface area contributed by atoms with Crippen LogP contribution in [0.1, 0.15) is 40.4 Å². The predicted molar refractivity (Wildman–Crippen MR) is 122 cm³/mol. The van der Waals surface area contributed by atoms with E-state index >= 15 is 0 Å². The van der Waals surface area contributed by atoms with Crippen LogP contribution in [-0.2, 0) is 10.2 Å². The average molecular weight is 457 g/mol. The molecule has 0 amide bonds. The molecular formula is C23H25FN4O3S. The van der Waals surface area contributed by atoms with Crippen LogP contribution < -0.4 is 4.72 Å². The first-order valence-corrected chi connectivity index (χ1v) is 11.7. The Balaban J connectivity index is 1.80. The van der Waals surface area contributed by atoms with Crippen molar-refractivity contribution in [2.24, 2.45) is 0 Å². The van der Waals surface area contributed by atoms with E-state index in [0.29, 0.717) is 28.8 Å². The summed E-state index contributed by atoms with van der Waals surface area (Å²) < 4.78 is 44.1. The highest BCUT2D eigenvalue weighted by molar-refractivity contribution is 7.90. The van der Waals surface area contributed by atoms with Gasteiger partial charge < -0.3 is 4.90 Å². The van der Waals surface area contributed by atoms with Gasteiger partial charge in [-0.3, -0.25) is 14.5 Å². The maximum atomic E-state index is 14.5. The van der Waals surface area contributed by atoms with Crippen molar-refractivity contribution >= 4 is 32.6 Å². The smallest absolute Gasteiger partial charge is 0.302 e. The Morgan fingerprint density at radius 2 is 2.00 bits per heavy atom. The van der Waals surface area contributed by atoms with Crippen LogP contribution in [0.2, 0.25) is 0 Å². The van der Waals surface area contributed by atoms with E-state index in [1.807, 2.05) is 37.2 Å². The van der Waals surface area contributed by atoms with Gasteiger partial charge in [0, 0.05) is 30.6 Å². The topological polar surface area (TPSA) is 82.6 Å². The molecule has 4 rings (SSSR count). The van der Waals surface area contributed by atoms with Crippen molar-refractivity contribution in [1.29, 1.82) is 0 Å². The molecule has 0 spiro atoms. The number of halogens is 1. The van der Waals surface area contributed by atoms with Crippen LogP contribution >= 0.6 is 0 Å². The van der Waals surface area contributed by atoms with Gasteiger partial charge in [-0.25, -0.2) is 4.39 Å². The van der Waals surface area contributed by atoms with E-state index in [2.05, 4.69) is 9.71 Å². The molecule has 1 N–H and O–H groups in total. The molecule has 2 heterocycles. The Kier molecular flexibility index (Phi) is 5.98. The van der Waals surface area contributed by atoms with Crippen LogP contribution in [-0.4, -0.2) is 56.1 Å². The molecule has 0 saturated carbocycles. The molecule has 0 fully saturated rings. The van der Waals surface area contributed by atoms with Crippen molar-refractivity contribution in [3.8, 4) is 0 Å². The predicted octanol–water partition coefficient (Wildman–Crippen LogP) is 3.59. The normalized spacial score (nSPS) is 17.8. The van der Waals surface area contributed by atoms with Crippen LogP contribution in [0.5, 0.6) is 0 Å². The molecule has 2 aromatic carbocycles. The van der Waals surface area contributed by atoms with Gasteiger partial charge in [0.05, 0.1) is 22.8 Å². The lowest BCUT2D eigenvalue weighted by Crippen LogP contribution is -2.40. The van der Waals surface area contributed by atoms with Crippen molar-refractivity contribution in [2.75, 3.05) is 32.4 Å². The third-order valence-electron chi connectivity index (χ3n) is 5.69. The second-order valence-electron chi connectivity index (χ2n) is 8.20. The first kappa shape index (κ1) is 22.3. The van der Waals surface area contributed by atoms with Crippen LogP contribution in [0, 0.1) is 5.82 Å². The van der Waals surface area contributed by atoms with Gasteiger partial charge in [0.15, 0.2) is 5.78 Å². The fourth-order valence-corrected chi connectivity index (χ4v) is 5.17. The van der Waals surface area contributed by atoms with Crippen molar-refractivity contribution in [3.63, 3.8) is 0 Å². The summed E-state index contributed by atoms with van der Waals surface area (Å²) >= 11 is 0. The summed E-state index contributed by atoms with van der Waals surface area (Å²) in [6.07, 6.45) is 2.42. The number of carbonyl (C=O) groups is 1. The van der Waals surface area contributed by atoms with E-state index in [9.17, 15) is 17.6 Å². The number of anilines is 1. The molecule has 1 aliphatic rings. The monoisotopic (exact) mass is 456 g/mol. The molecule has 1 aromatic heterocycles. The highest BCUT2D eigenvalue weighted by atomic mass is 32.2. The van der Waals surface area contributed by atoms with Gasteiger partial charge in [0.2, 0.25) is 0 Å². The first-order valence-electron chi connectivity index (χ1n) is 10.3. The minimum absolute atomic E-state index is 0.0222. The van der Waals surface area contributed by atoms with Gasteiger partial charge in [0.1, 0.15) is 5.82 Å². The van der Waals surface area contributed by atoms with E-state index in [0.717, 1.165) is 11.9 Å². The lowest BCUT2D eigenvalue weighted by Gasteiger charge is -2.35. The van der Waals surface area contributed by atoms with Gasteiger partial charge in [-0.2, -0.15) is 12.7 Å². The number of hydrogen-bond acceptors (Lipinski definition) is 5.